The molecule has 1 atom stereocenters. The number of fused-ring (bicyclic) bond motifs is 1. The second-order valence-electron chi connectivity index (χ2n) is 7.80. The topological polar surface area (TPSA) is 72.8 Å². The van der Waals surface area contributed by atoms with Gasteiger partial charge in [-0.1, -0.05) is 30.3 Å². The molecule has 7 heteroatoms. The molecule has 0 aliphatic carbocycles. The smallest absolute Gasteiger partial charge is 0.223 e. The number of carbonyl (C=O) groups excluding carboxylic acids is 1. The molecule has 1 amide bonds. The highest BCUT2D eigenvalue weighted by molar-refractivity contribution is 5.86. The van der Waals surface area contributed by atoms with Gasteiger partial charge < -0.3 is 9.88 Å². The molecule has 0 fully saturated rings. The lowest BCUT2D eigenvalue weighted by Gasteiger charge is -2.25. The van der Waals surface area contributed by atoms with E-state index in [4.69, 9.17) is 5.26 Å². The van der Waals surface area contributed by atoms with Gasteiger partial charge >= 0.3 is 0 Å². The molecular weight excluding hydrogens is 422 g/mol. The molecule has 4 rings (SSSR count). The van der Waals surface area contributed by atoms with E-state index in [1.807, 2.05) is 30.3 Å². The zero-order valence-electron chi connectivity index (χ0n) is 17.8. The van der Waals surface area contributed by atoms with E-state index in [1.165, 1.54) is 12.1 Å². The Morgan fingerprint density at radius 2 is 1.97 bits per heavy atom. The Kier molecular flexibility index (Phi) is 6.75. The lowest BCUT2D eigenvalue weighted by Crippen LogP contribution is -2.32. The minimum Gasteiger partial charge on any atom is -0.361 e. The average molecular weight is 444 g/mol. The predicted octanol–water partition coefficient (Wildman–Crippen LogP) is 5.31. The van der Waals surface area contributed by atoms with Crippen molar-refractivity contribution in [3.63, 3.8) is 0 Å². The number of nitriles is 1. The third-order valence-electron chi connectivity index (χ3n) is 5.66. The first-order valence-electron chi connectivity index (χ1n) is 10.6. The van der Waals surface area contributed by atoms with Crippen molar-refractivity contribution in [3.8, 4) is 6.07 Å². The number of pyridine rings is 1. The lowest BCUT2D eigenvalue weighted by molar-refractivity contribution is -0.132. The van der Waals surface area contributed by atoms with E-state index in [1.54, 1.807) is 29.6 Å². The summed E-state index contributed by atoms with van der Waals surface area (Å²) >= 11 is 0. The normalized spacial score (nSPS) is 11.8. The van der Waals surface area contributed by atoms with Crippen molar-refractivity contribution >= 4 is 16.8 Å². The summed E-state index contributed by atoms with van der Waals surface area (Å²) in [4.78, 5) is 22.3. The van der Waals surface area contributed by atoms with E-state index in [0.29, 0.717) is 6.54 Å². The van der Waals surface area contributed by atoms with Crippen LogP contribution < -0.4 is 0 Å². The molecule has 4 aromatic rings. The summed E-state index contributed by atoms with van der Waals surface area (Å²) in [5.74, 6) is -2.23. The van der Waals surface area contributed by atoms with E-state index < -0.39 is 17.6 Å². The molecule has 0 saturated heterocycles. The first kappa shape index (κ1) is 22.2. The molecule has 5 nitrogen and oxygen atoms in total. The van der Waals surface area contributed by atoms with E-state index in [9.17, 15) is 13.6 Å². The Labute approximate surface area is 190 Å². The van der Waals surface area contributed by atoms with Crippen LogP contribution in [0.1, 0.15) is 35.4 Å². The Balaban J connectivity index is 1.70. The third-order valence-corrected chi connectivity index (χ3v) is 5.66. The van der Waals surface area contributed by atoms with Crippen LogP contribution in [-0.4, -0.2) is 27.3 Å². The van der Waals surface area contributed by atoms with Crippen molar-refractivity contribution in [3.05, 3.63) is 102 Å². The van der Waals surface area contributed by atoms with Crippen LogP contribution >= 0.6 is 0 Å². The van der Waals surface area contributed by atoms with Crippen molar-refractivity contribution in [2.24, 2.45) is 0 Å². The molecule has 0 aliphatic rings. The first-order valence-corrected chi connectivity index (χ1v) is 10.6. The van der Waals surface area contributed by atoms with E-state index in [0.717, 1.165) is 28.1 Å². The summed E-state index contributed by atoms with van der Waals surface area (Å²) in [6.45, 7) is 0.539. The number of hydrogen-bond donors (Lipinski definition) is 1. The lowest BCUT2D eigenvalue weighted by atomic mass is 9.87. The van der Waals surface area contributed by atoms with Crippen LogP contribution in [0, 0.1) is 23.0 Å². The fourth-order valence-corrected chi connectivity index (χ4v) is 4.05. The van der Waals surface area contributed by atoms with Gasteiger partial charge in [-0.05, 0) is 34.9 Å². The van der Waals surface area contributed by atoms with Gasteiger partial charge in [-0.15, -0.1) is 0 Å². The molecule has 33 heavy (non-hydrogen) atoms. The Morgan fingerprint density at radius 3 is 2.73 bits per heavy atom. The van der Waals surface area contributed by atoms with Crippen LogP contribution in [0.5, 0.6) is 0 Å². The zero-order chi connectivity index (χ0) is 23.2. The summed E-state index contributed by atoms with van der Waals surface area (Å²) in [6, 6.07) is 16.7. The van der Waals surface area contributed by atoms with Crippen molar-refractivity contribution in [2.45, 2.75) is 25.3 Å². The molecule has 0 radical (unpaired) electrons. The van der Waals surface area contributed by atoms with Crippen LogP contribution in [-0.2, 0) is 11.3 Å². The van der Waals surface area contributed by atoms with E-state index in [2.05, 4.69) is 16.0 Å². The number of carbonyl (C=O) groups is 1. The molecule has 0 aliphatic heterocycles. The van der Waals surface area contributed by atoms with Gasteiger partial charge in [-0.2, -0.15) is 5.26 Å². The molecule has 0 saturated carbocycles. The summed E-state index contributed by atoms with van der Waals surface area (Å²) < 4.78 is 28.5. The van der Waals surface area contributed by atoms with Crippen LogP contribution in [0.4, 0.5) is 8.78 Å². The van der Waals surface area contributed by atoms with E-state index >= 15 is 0 Å². The molecule has 0 bridgehead atoms. The number of para-hydroxylation sites is 1. The summed E-state index contributed by atoms with van der Waals surface area (Å²) in [6.07, 6.45) is 5.23. The maximum atomic E-state index is 14.9. The maximum absolute atomic E-state index is 14.9. The van der Waals surface area contributed by atoms with Gasteiger partial charge in [-0.25, -0.2) is 8.78 Å². The zero-order valence-corrected chi connectivity index (χ0v) is 17.8. The minimum atomic E-state index is -0.700. The molecule has 2 heterocycles. The van der Waals surface area contributed by atoms with Gasteiger partial charge in [-0.3, -0.25) is 9.78 Å². The SMILES string of the molecule is N#CCCN(Cc1cccnc1)C(=O)CC(c1ccc(F)cc1F)c1c[nH]c2ccccc12. The Morgan fingerprint density at radius 1 is 1.12 bits per heavy atom. The molecule has 2 aromatic heterocycles. The number of hydrogen-bond acceptors (Lipinski definition) is 3. The number of rotatable bonds is 8. The largest absolute Gasteiger partial charge is 0.361 e. The number of halogens is 2. The van der Waals surface area contributed by atoms with Gasteiger partial charge in [0.2, 0.25) is 5.91 Å². The summed E-state index contributed by atoms with van der Waals surface area (Å²) in [5.41, 5.74) is 2.70. The standard InChI is InChI=1S/C26H22F2N4O/c27-19-8-9-20(24(28)13-19)22(23-16-31-25-7-2-1-6-21(23)25)14-26(33)32(12-4-10-29)17-18-5-3-11-30-15-18/h1-3,5-9,11,13,15-16,22,31H,4,12,14,17H2. The quantitative estimate of drug-likeness (QED) is 0.401. The molecule has 2 aromatic carbocycles. The minimum absolute atomic E-state index is 0.0317. The molecule has 166 valence electrons. The number of H-pyrrole nitrogens is 1. The van der Waals surface area contributed by atoms with Crippen LogP contribution in [0.3, 0.4) is 0 Å². The predicted molar refractivity (Wildman–Crippen MR) is 121 cm³/mol. The fraction of sp³-hybridized carbons (Fsp3) is 0.192. The van der Waals surface area contributed by atoms with Crippen LogP contribution in [0.25, 0.3) is 10.9 Å². The molecule has 1 N–H and O–H groups in total. The van der Waals surface area contributed by atoms with Gasteiger partial charge in [0.15, 0.2) is 0 Å². The number of benzene rings is 2. The van der Waals surface area contributed by atoms with Gasteiger partial charge in [0.1, 0.15) is 11.6 Å². The highest BCUT2D eigenvalue weighted by Gasteiger charge is 2.27. The number of nitrogens with zero attached hydrogens (tertiary/aromatic N) is 3. The first-order chi connectivity index (χ1) is 16.1. The fourth-order valence-electron chi connectivity index (χ4n) is 4.05. The Hall–Kier alpha value is -4.05. The summed E-state index contributed by atoms with van der Waals surface area (Å²) in [5, 5.41) is 9.93. The number of aromatic amines is 1. The average Bonchev–Trinajstić information content (AvgIpc) is 3.25. The number of nitrogens with one attached hydrogen (secondary N) is 1. The van der Waals surface area contributed by atoms with Crippen molar-refractivity contribution in [2.75, 3.05) is 6.54 Å². The molecule has 0 spiro atoms. The molecular formula is C26H22F2N4O. The second-order valence-corrected chi connectivity index (χ2v) is 7.80. The maximum Gasteiger partial charge on any atom is 0.223 e. The van der Waals surface area contributed by atoms with Crippen LogP contribution in [0.15, 0.2) is 73.2 Å². The highest BCUT2D eigenvalue weighted by atomic mass is 19.1. The Bertz CT molecular complexity index is 1300. The number of aromatic nitrogens is 2. The van der Waals surface area contributed by atoms with Gasteiger partial charge in [0.05, 0.1) is 12.5 Å². The van der Waals surface area contributed by atoms with Crippen molar-refractivity contribution in [1.29, 1.82) is 5.26 Å². The van der Waals surface area contributed by atoms with Gasteiger partial charge in [0, 0.05) is 61.0 Å². The van der Waals surface area contributed by atoms with Crippen molar-refractivity contribution in [1.82, 2.24) is 14.9 Å². The number of amides is 1. The second kappa shape index (κ2) is 10.0. The van der Waals surface area contributed by atoms with Crippen molar-refractivity contribution < 1.29 is 13.6 Å². The van der Waals surface area contributed by atoms with Gasteiger partial charge in [0.25, 0.3) is 0 Å². The third kappa shape index (κ3) is 5.07. The monoisotopic (exact) mass is 444 g/mol. The highest BCUT2D eigenvalue weighted by Crippen LogP contribution is 2.35. The van der Waals surface area contributed by atoms with E-state index in [-0.39, 0.29) is 30.9 Å². The van der Waals surface area contributed by atoms with Crippen LogP contribution in [0.2, 0.25) is 0 Å². The molecule has 1 unspecified atom stereocenters. The summed E-state index contributed by atoms with van der Waals surface area (Å²) in [7, 11) is 0.